The molecule has 4 fully saturated rings. The van der Waals surface area contributed by atoms with Crippen LogP contribution in [-0.2, 0) is 33.4 Å². The van der Waals surface area contributed by atoms with Crippen molar-refractivity contribution in [3.8, 4) is 0 Å². The molecule has 23 heavy (non-hydrogen) atoms. The van der Waals surface area contributed by atoms with Crippen LogP contribution in [0.2, 0.25) is 0 Å². The molecule has 0 aromatic rings. The van der Waals surface area contributed by atoms with Gasteiger partial charge in [-0.25, -0.2) is 0 Å². The Morgan fingerprint density at radius 2 is 1.43 bits per heavy atom. The number of rotatable bonds is 2. The summed E-state index contributed by atoms with van der Waals surface area (Å²) in [5.74, 6) is -3.53. The summed E-state index contributed by atoms with van der Waals surface area (Å²) in [7, 11) is 0. The maximum atomic E-state index is 11.9. The molecule has 2 aliphatic heterocycles. The number of cyclic esters (lactones) is 4. The molecule has 0 radical (unpaired) electrons. The highest BCUT2D eigenvalue weighted by Gasteiger charge is 2.53. The Bertz CT molecular complexity index is 583. The van der Waals surface area contributed by atoms with Crippen LogP contribution in [0.5, 0.6) is 0 Å². The van der Waals surface area contributed by atoms with E-state index in [-0.39, 0.29) is 18.1 Å². The van der Waals surface area contributed by atoms with Gasteiger partial charge in [0.15, 0.2) is 0 Å². The molecule has 2 heterocycles. The van der Waals surface area contributed by atoms with E-state index in [9.17, 15) is 19.2 Å². The Labute approximate surface area is 132 Å². The van der Waals surface area contributed by atoms with E-state index in [1.54, 1.807) is 0 Å². The van der Waals surface area contributed by atoms with Crippen LogP contribution in [-0.4, -0.2) is 36.1 Å². The average molecular weight is 322 g/mol. The summed E-state index contributed by atoms with van der Waals surface area (Å²) < 4.78 is 15.5. The Morgan fingerprint density at radius 1 is 0.739 bits per heavy atom. The van der Waals surface area contributed by atoms with Crippen molar-refractivity contribution in [1.29, 1.82) is 0 Å². The van der Waals surface area contributed by atoms with E-state index in [1.165, 1.54) is 0 Å². The van der Waals surface area contributed by atoms with Gasteiger partial charge in [-0.3, -0.25) is 19.2 Å². The summed E-state index contributed by atoms with van der Waals surface area (Å²) >= 11 is 0. The standard InChI is InChI=1S/C16H18O7/c17-13-8-5-4-7(6-10(8)15(19)22-13)21-11-3-1-2-9-12(11)16(20)23-14(9)18/h7-12H,1-6H2. The number of carbonyl (C=O) groups is 4. The molecule has 4 aliphatic rings. The predicted octanol–water partition coefficient (Wildman–Crippen LogP) is 0.740. The van der Waals surface area contributed by atoms with Gasteiger partial charge < -0.3 is 14.2 Å². The Hall–Kier alpha value is -1.76. The fourth-order valence-corrected chi connectivity index (χ4v) is 4.43. The molecule has 0 spiro atoms. The summed E-state index contributed by atoms with van der Waals surface area (Å²) in [5.41, 5.74) is 0. The Morgan fingerprint density at radius 3 is 2.26 bits per heavy atom. The highest BCUT2D eigenvalue weighted by molar-refractivity contribution is 5.97. The maximum Gasteiger partial charge on any atom is 0.320 e. The molecule has 0 amide bonds. The molecule has 2 saturated heterocycles. The van der Waals surface area contributed by atoms with Crippen LogP contribution in [0.25, 0.3) is 0 Å². The van der Waals surface area contributed by atoms with Crippen LogP contribution in [0.4, 0.5) is 0 Å². The molecule has 2 aliphatic carbocycles. The molecule has 7 nitrogen and oxygen atoms in total. The van der Waals surface area contributed by atoms with Gasteiger partial charge in [-0.15, -0.1) is 0 Å². The third-order valence-corrected chi connectivity index (χ3v) is 5.59. The highest BCUT2D eigenvalue weighted by Crippen LogP contribution is 2.42. The molecule has 7 heteroatoms. The SMILES string of the molecule is O=C1OC(=O)C2CC(OC3CCCC4C(=O)OC(=O)C34)CCC12. The lowest BCUT2D eigenvalue weighted by Crippen LogP contribution is -2.41. The van der Waals surface area contributed by atoms with E-state index in [0.717, 1.165) is 6.42 Å². The van der Waals surface area contributed by atoms with Crippen molar-refractivity contribution < 1.29 is 33.4 Å². The quantitative estimate of drug-likeness (QED) is 0.546. The first-order valence-electron chi connectivity index (χ1n) is 8.21. The van der Waals surface area contributed by atoms with E-state index in [2.05, 4.69) is 0 Å². The molecular weight excluding hydrogens is 304 g/mol. The number of esters is 4. The first-order valence-corrected chi connectivity index (χ1v) is 8.21. The van der Waals surface area contributed by atoms with Gasteiger partial charge in [-0.2, -0.15) is 0 Å². The van der Waals surface area contributed by atoms with E-state index in [4.69, 9.17) is 14.2 Å². The maximum absolute atomic E-state index is 11.9. The number of hydrogen-bond donors (Lipinski definition) is 0. The first kappa shape index (κ1) is 14.8. The zero-order valence-corrected chi connectivity index (χ0v) is 12.6. The second kappa shape index (κ2) is 5.40. The van der Waals surface area contributed by atoms with Crippen LogP contribution in [0.3, 0.4) is 0 Å². The van der Waals surface area contributed by atoms with Crippen LogP contribution >= 0.6 is 0 Å². The summed E-state index contributed by atoms with van der Waals surface area (Å²) in [5, 5.41) is 0. The molecule has 4 rings (SSSR count). The molecule has 0 N–H and O–H groups in total. The molecule has 2 saturated carbocycles. The van der Waals surface area contributed by atoms with Crippen molar-refractivity contribution in [3.05, 3.63) is 0 Å². The zero-order valence-electron chi connectivity index (χ0n) is 12.6. The van der Waals surface area contributed by atoms with E-state index in [1.807, 2.05) is 0 Å². The van der Waals surface area contributed by atoms with Crippen LogP contribution in [0.1, 0.15) is 38.5 Å². The Balaban J connectivity index is 1.44. The number of hydrogen-bond acceptors (Lipinski definition) is 7. The third-order valence-electron chi connectivity index (χ3n) is 5.59. The van der Waals surface area contributed by atoms with Gasteiger partial charge in [0, 0.05) is 0 Å². The van der Waals surface area contributed by atoms with Crippen molar-refractivity contribution in [2.75, 3.05) is 0 Å². The van der Waals surface area contributed by atoms with Crippen LogP contribution in [0, 0.1) is 23.7 Å². The average Bonchev–Trinajstić information content (AvgIpc) is 2.97. The van der Waals surface area contributed by atoms with E-state index < -0.39 is 41.6 Å². The number of carbonyl (C=O) groups excluding carboxylic acids is 4. The van der Waals surface area contributed by atoms with Crippen LogP contribution in [0.15, 0.2) is 0 Å². The highest BCUT2D eigenvalue weighted by atomic mass is 16.6. The second-order valence-electron chi connectivity index (χ2n) is 6.87. The molecular formula is C16H18O7. The fraction of sp³-hybridized carbons (Fsp3) is 0.750. The molecule has 6 unspecified atom stereocenters. The van der Waals surface area contributed by atoms with Gasteiger partial charge in [-0.05, 0) is 38.5 Å². The Kier molecular flexibility index (Phi) is 3.48. The lowest BCUT2D eigenvalue weighted by molar-refractivity contribution is -0.157. The molecule has 124 valence electrons. The monoisotopic (exact) mass is 322 g/mol. The summed E-state index contributed by atoms with van der Waals surface area (Å²) in [6.07, 6.45) is 3.29. The zero-order chi connectivity index (χ0) is 16.1. The van der Waals surface area contributed by atoms with Crippen molar-refractivity contribution >= 4 is 23.9 Å². The van der Waals surface area contributed by atoms with Gasteiger partial charge in [-0.1, -0.05) is 0 Å². The minimum atomic E-state index is -0.522. The third kappa shape index (κ3) is 2.38. The lowest BCUT2D eigenvalue weighted by Gasteiger charge is -2.35. The van der Waals surface area contributed by atoms with Gasteiger partial charge >= 0.3 is 23.9 Å². The molecule has 0 bridgehead atoms. The van der Waals surface area contributed by atoms with E-state index >= 15 is 0 Å². The fourth-order valence-electron chi connectivity index (χ4n) is 4.43. The van der Waals surface area contributed by atoms with Gasteiger partial charge in [0.05, 0.1) is 35.9 Å². The van der Waals surface area contributed by atoms with Gasteiger partial charge in [0.1, 0.15) is 0 Å². The summed E-state index contributed by atoms with van der Waals surface area (Å²) in [6, 6.07) is 0. The smallest absolute Gasteiger partial charge is 0.320 e. The predicted molar refractivity (Wildman–Crippen MR) is 72.5 cm³/mol. The second-order valence-corrected chi connectivity index (χ2v) is 6.87. The number of ether oxygens (including phenoxy) is 3. The van der Waals surface area contributed by atoms with Crippen molar-refractivity contribution in [2.45, 2.75) is 50.7 Å². The van der Waals surface area contributed by atoms with E-state index in [0.29, 0.717) is 32.1 Å². The minimum absolute atomic E-state index is 0.193. The van der Waals surface area contributed by atoms with Crippen molar-refractivity contribution in [2.24, 2.45) is 23.7 Å². The summed E-state index contributed by atoms with van der Waals surface area (Å²) in [4.78, 5) is 46.9. The lowest BCUT2D eigenvalue weighted by atomic mass is 9.77. The molecule has 6 atom stereocenters. The first-order chi connectivity index (χ1) is 11.0. The molecule has 0 aromatic heterocycles. The number of fused-ring (bicyclic) bond motifs is 2. The van der Waals surface area contributed by atoms with Crippen molar-refractivity contribution in [3.63, 3.8) is 0 Å². The topological polar surface area (TPSA) is 96.0 Å². The summed E-state index contributed by atoms with van der Waals surface area (Å²) in [6.45, 7) is 0. The van der Waals surface area contributed by atoms with Crippen LogP contribution < -0.4 is 0 Å². The largest absolute Gasteiger partial charge is 0.393 e. The van der Waals surface area contributed by atoms with Gasteiger partial charge in [0.2, 0.25) is 0 Å². The molecule has 0 aromatic carbocycles. The van der Waals surface area contributed by atoms with Gasteiger partial charge in [0.25, 0.3) is 0 Å². The normalized spacial score (nSPS) is 43.0. The van der Waals surface area contributed by atoms with Crippen molar-refractivity contribution in [1.82, 2.24) is 0 Å². The minimum Gasteiger partial charge on any atom is -0.393 e.